The molecular weight excluding hydrogens is 364 g/mol. The fourth-order valence-corrected chi connectivity index (χ4v) is 4.49. The molecule has 0 spiro atoms. The van der Waals surface area contributed by atoms with E-state index in [2.05, 4.69) is 6.58 Å². The first kappa shape index (κ1) is 24.0. The monoisotopic (exact) mass is 406 g/mol. The van der Waals surface area contributed by atoms with E-state index in [0.29, 0.717) is 0 Å². The topological polar surface area (TPSA) is 52.6 Å². The molecule has 29 heavy (non-hydrogen) atoms. The second-order valence-electron chi connectivity index (χ2n) is 9.02. The van der Waals surface area contributed by atoms with E-state index in [-0.39, 0.29) is 30.2 Å². The van der Waals surface area contributed by atoms with Gasteiger partial charge in [-0.2, -0.15) is 0 Å². The second-order valence-corrected chi connectivity index (χ2v) is 9.02. The van der Waals surface area contributed by atoms with Gasteiger partial charge in [0.15, 0.2) is 0 Å². The first-order valence-electron chi connectivity index (χ1n) is 12.2. The van der Waals surface area contributed by atoms with E-state index in [1.54, 1.807) is 0 Å². The third-order valence-corrected chi connectivity index (χ3v) is 6.32. The van der Waals surface area contributed by atoms with Gasteiger partial charge in [-0.15, -0.1) is 0 Å². The largest absolute Gasteiger partial charge is 0.462 e. The van der Waals surface area contributed by atoms with Gasteiger partial charge in [0.2, 0.25) is 0 Å². The average molecular weight is 407 g/mol. The minimum Gasteiger partial charge on any atom is -0.462 e. The van der Waals surface area contributed by atoms with Gasteiger partial charge >= 0.3 is 11.9 Å². The van der Waals surface area contributed by atoms with Crippen LogP contribution in [0.1, 0.15) is 122 Å². The maximum atomic E-state index is 12.4. The lowest BCUT2D eigenvalue weighted by molar-refractivity contribution is -0.152. The number of hydrogen-bond acceptors (Lipinski definition) is 4. The highest BCUT2D eigenvalue weighted by molar-refractivity contribution is 5.93. The SMILES string of the molecule is C=C(CC(=O)OC1CCCCCCCCC1)C(=O)OC1CCCCCCCCC1. The van der Waals surface area contributed by atoms with Crippen LogP contribution in [0.5, 0.6) is 0 Å². The molecule has 0 unspecified atom stereocenters. The summed E-state index contributed by atoms with van der Waals surface area (Å²) in [6, 6.07) is 0. The predicted molar refractivity (Wildman–Crippen MR) is 117 cm³/mol. The summed E-state index contributed by atoms with van der Waals surface area (Å²) >= 11 is 0. The number of esters is 2. The Labute approximate surface area is 177 Å². The molecule has 0 aromatic carbocycles. The fourth-order valence-electron chi connectivity index (χ4n) is 4.49. The Hall–Kier alpha value is -1.32. The minimum atomic E-state index is -0.421. The maximum Gasteiger partial charge on any atom is 0.334 e. The standard InChI is InChI=1S/C25H42O4/c1-21(25(27)29-23-18-14-10-6-3-7-11-15-19-23)20-24(26)28-22-16-12-8-4-2-5-9-13-17-22/h22-23H,1-20H2. The van der Waals surface area contributed by atoms with E-state index >= 15 is 0 Å². The highest BCUT2D eigenvalue weighted by Crippen LogP contribution is 2.22. The van der Waals surface area contributed by atoms with Crippen molar-refractivity contribution in [2.45, 2.75) is 134 Å². The molecule has 0 aliphatic heterocycles. The van der Waals surface area contributed by atoms with Gasteiger partial charge in [0.25, 0.3) is 0 Å². The molecule has 0 aromatic heterocycles. The van der Waals surface area contributed by atoms with E-state index in [0.717, 1.165) is 51.4 Å². The fraction of sp³-hybridized carbons (Fsp3) is 0.840. The van der Waals surface area contributed by atoms with Crippen molar-refractivity contribution in [1.29, 1.82) is 0 Å². The predicted octanol–water partition coefficient (Wildman–Crippen LogP) is 6.81. The van der Waals surface area contributed by atoms with Crippen LogP contribution in [0.25, 0.3) is 0 Å². The molecule has 2 aliphatic rings. The molecule has 0 atom stereocenters. The number of carbonyl (C=O) groups is 2. The summed E-state index contributed by atoms with van der Waals surface area (Å²) in [5.41, 5.74) is 0.229. The molecule has 4 nitrogen and oxygen atoms in total. The van der Waals surface area contributed by atoms with Crippen LogP contribution in [0.15, 0.2) is 12.2 Å². The van der Waals surface area contributed by atoms with Gasteiger partial charge < -0.3 is 9.47 Å². The van der Waals surface area contributed by atoms with Crippen LogP contribution < -0.4 is 0 Å². The molecule has 2 saturated carbocycles. The molecule has 0 aromatic rings. The Morgan fingerprint density at radius 3 is 1.34 bits per heavy atom. The Kier molecular flexibility index (Phi) is 12.1. The molecule has 0 amide bonds. The van der Waals surface area contributed by atoms with Gasteiger partial charge in [0.05, 0.1) is 6.42 Å². The van der Waals surface area contributed by atoms with E-state index in [1.807, 2.05) is 0 Å². The van der Waals surface area contributed by atoms with Gasteiger partial charge in [-0.3, -0.25) is 4.79 Å². The van der Waals surface area contributed by atoms with Crippen LogP contribution in [-0.4, -0.2) is 24.1 Å². The third-order valence-electron chi connectivity index (χ3n) is 6.32. The van der Waals surface area contributed by atoms with Crippen molar-refractivity contribution in [2.75, 3.05) is 0 Å². The lowest BCUT2D eigenvalue weighted by atomic mass is 9.99. The van der Waals surface area contributed by atoms with Crippen molar-refractivity contribution < 1.29 is 19.1 Å². The quantitative estimate of drug-likeness (QED) is 0.372. The first-order chi connectivity index (χ1) is 14.1. The van der Waals surface area contributed by atoms with Crippen molar-refractivity contribution in [3.05, 3.63) is 12.2 Å². The third kappa shape index (κ3) is 10.9. The second kappa shape index (κ2) is 14.6. The van der Waals surface area contributed by atoms with Crippen LogP contribution in [0.3, 0.4) is 0 Å². The Morgan fingerprint density at radius 2 is 0.931 bits per heavy atom. The summed E-state index contributed by atoms with van der Waals surface area (Å²) in [7, 11) is 0. The zero-order chi connectivity index (χ0) is 20.7. The summed E-state index contributed by atoms with van der Waals surface area (Å²) in [6.45, 7) is 3.81. The van der Waals surface area contributed by atoms with Crippen molar-refractivity contribution >= 4 is 11.9 Å². The van der Waals surface area contributed by atoms with Crippen LogP contribution in [-0.2, 0) is 19.1 Å². The average Bonchev–Trinajstić information content (AvgIpc) is 2.71. The van der Waals surface area contributed by atoms with Crippen LogP contribution in [0.2, 0.25) is 0 Å². The number of hydrogen-bond donors (Lipinski definition) is 0. The molecule has 0 radical (unpaired) electrons. The van der Waals surface area contributed by atoms with E-state index in [4.69, 9.17) is 9.47 Å². The number of rotatable bonds is 5. The summed E-state index contributed by atoms with van der Waals surface area (Å²) in [5.74, 6) is -0.755. The van der Waals surface area contributed by atoms with Gasteiger partial charge in [0, 0.05) is 5.57 Å². The normalized spacial score (nSPS) is 21.7. The first-order valence-corrected chi connectivity index (χ1v) is 12.2. The van der Waals surface area contributed by atoms with Crippen molar-refractivity contribution in [3.8, 4) is 0 Å². The molecule has 0 N–H and O–H groups in total. The molecular formula is C25H42O4. The Bertz CT molecular complexity index is 479. The molecule has 4 heteroatoms. The molecule has 2 fully saturated rings. The van der Waals surface area contributed by atoms with Crippen LogP contribution in [0.4, 0.5) is 0 Å². The number of carbonyl (C=O) groups excluding carboxylic acids is 2. The van der Waals surface area contributed by atoms with Crippen molar-refractivity contribution in [2.24, 2.45) is 0 Å². The van der Waals surface area contributed by atoms with Gasteiger partial charge in [-0.05, 0) is 51.4 Å². The van der Waals surface area contributed by atoms with E-state index < -0.39 is 5.97 Å². The zero-order valence-corrected chi connectivity index (χ0v) is 18.4. The van der Waals surface area contributed by atoms with Crippen LogP contribution in [0, 0.1) is 0 Å². The lowest BCUT2D eigenvalue weighted by Crippen LogP contribution is -2.23. The highest BCUT2D eigenvalue weighted by atomic mass is 16.6. The molecule has 2 rings (SSSR count). The summed E-state index contributed by atoms with van der Waals surface area (Å²) in [5, 5.41) is 0. The zero-order valence-electron chi connectivity index (χ0n) is 18.4. The Morgan fingerprint density at radius 1 is 0.586 bits per heavy atom. The molecule has 0 saturated heterocycles. The van der Waals surface area contributed by atoms with Crippen LogP contribution >= 0.6 is 0 Å². The summed E-state index contributed by atoms with van der Waals surface area (Å²) in [4.78, 5) is 24.8. The maximum absolute atomic E-state index is 12.4. The van der Waals surface area contributed by atoms with Crippen molar-refractivity contribution in [1.82, 2.24) is 0 Å². The van der Waals surface area contributed by atoms with Gasteiger partial charge in [-0.1, -0.05) is 70.8 Å². The summed E-state index contributed by atoms with van der Waals surface area (Å²) < 4.78 is 11.4. The minimum absolute atomic E-state index is 0.0114. The van der Waals surface area contributed by atoms with E-state index in [9.17, 15) is 9.59 Å². The lowest BCUT2D eigenvalue weighted by Gasteiger charge is -2.21. The van der Waals surface area contributed by atoms with Gasteiger partial charge in [0.1, 0.15) is 12.2 Å². The smallest absolute Gasteiger partial charge is 0.334 e. The molecule has 2 aliphatic carbocycles. The van der Waals surface area contributed by atoms with Crippen molar-refractivity contribution in [3.63, 3.8) is 0 Å². The molecule has 0 heterocycles. The number of ether oxygens (including phenoxy) is 2. The highest BCUT2D eigenvalue weighted by Gasteiger charge is 2.21. The van der Waals surface area contributed by atoms with E-state index in [1.165, 1.54) is 64.2 Å². The molecule has 0 bridgehead atoms. The summed E-state index contributed by atoms with van der Waals surface area (Å²) in [6.07, 6.45) is 20.7. The Balaban J connectivity index is 1.73. The molecule has 166 valence electrons. The van der Waals surface area contributed by atoms with Gasteiger partial charge in [-0.25, -0.2) is 4.79 Å².